The number of rotatable bonds is 2. The summed E-state index contributed by atoms with van der Waals surface area (Å²) in [4.78, 5) is 6.64. The van der Waals surface area contributed by atoms with Gasteiger partial charge >= 0.3 is 0 Å². The molecule has 38 heavy (non-hydrogen) atoms. The highest BCUT2D eigenvalue weighted by Crippen LogP contribution is 2.70. The smallest absolute Gasteiger partial charge is 0.110 e. The van der Waals surface area contributed by atoms with Crippen LogP contribution in [-0.2, 0) is 9.47 Å². The lowest BCUT2D eigenvalue weighted by Gasteiger charge is -2.54. The molecule has 2 bridgehead atoms. The molecule has 198 valence electrons. The Bertz CT molecular complexity index is 1410. The minimum Gasteiger partial charge on any atom is -0.389 e. The van der Waals surface area contributed by atoms with Crippen LogP contribution in [0.1, 0.15) is 56.9 Å². The van der Waals surface area contributed by atoms with Crippen molar-refractivity contribution in [2.24, 2.45) is 11.3 Å². The van der Waals surface area contributed by atoms with Crippen LogP contribution in [0.3, 0.4) is 0 Å². The Morgan fingerprint density at radius 2 is 1.92 bits per heavy atom. The number of β-amino-alcohol motifs (C(OH)–C–C–N with tert-alkyl or cyclic N) is 2. The van der Waals surface area contributed by atoms with E-state index in [1.54, 1.807) is 0 Å². The molecular weight excluding hydrogens is 476 g/mol. The number of hydrogen-bond donors (Lipinski definition) is 2. The number of ether oxygens (including phenoxy) is 2. The molecule has 1 aromatic heterocycles. The van der Waals surface area contributed by atoms with Crippen LogP contribution >= 0.6 is 0 Å². The first-order valence-corrected chi connectivity index (χ1v) is 14.6. The predicted octanol–water partition coefficient (Wildman–Crippen LogP) is 3.87. The molecule has 0 radical (unpaired) electrons. The van der Waals surface area contributed by atoms with E-state index < -0.39 is 12.2 Å². The van der Waals surface area contributed by atoms with E-state index in [9.17, 15) is 10.2 Å². The largest absolute Gasteiger partial charge is 0.389 e. The van der Waals surface area contributed by atoms with Crippen LogP contribution in [0.4, 0.5) is 0 Å². The second-order valence-electron chi connectivity index (χ2n) is 13.5. The third kappa shape index (κ3) is 2.78. The maximum absolute atomic E-state index is 10.2. The van der Waals surface area contributed by atoms with Gasteiger partial charge in [-0.05, 0) is 90.0 Å². The standard InChI is InChI=1S/C32H36N2O4/c1-30-8-6-21-13-23-28-29(37-28)24(34-16-25(35)26(36)17-34)14-31(23)9-10-32(21,38-31)27(30)5-4-22(30)19-3-2-18-7-11-33-15-20(18)12-19/h2-3,6-7,11-13,15,22,24-29,35-36H,4-5,8-10,14,16-17H2,1H3/t22-,24+,25+,26+,27-,28-,29+,30-,31-,32?/m1/s1. The maximum Gasteiger partial charge on any atom is 0.110 e. The molecule has 10 atom stereocenters. The first kappa shape index (κ1) is 22.7. The van der Waals surface area contributed by atoms with Crippen molar-refractivity contribution in [3.8, 4) is 0 Å². The Morgan fingerprint density at radius 3 is 2.79 bits per heavy atom. The Morgan fingerprint density at radius 1 is 1.05 bits per heavy atom. The van der Waals surface area contributed by atoms with Gasteiger partial charge in [0, 0.05) is 36.9 Å². The summed E-state index contributed by atoms with van der Waals surface area (Å²) in [5.74, 6) is 1.01. The number of nitrogens with zero attached hydrogens (tertiary/aromatic N) is 2. The number of fused-ring (bicyclic) bond motifs is 4. The molecule has 9 rings (SSSR count). The van der Waals surface area contributed by atoms with Gasteiger partial charge in [0.1, 0.15) is 12.2 Å². The fourth-order valence-electron chi connectivity index (χ4n) is 9.96. The highest BCUT2D eigenvalue weighted by molar-refractivity contribution is 5.82. The lowest BCUT2D eigenvalue weighted by Crippen LogP contribution is -2.57. The van der Waals surface area contributed by atoms with Crippen molar-refractivity contribution in [3.05, 3.63) is 65.5 Å². The van der Waals surface area contributed by atoms with E-state index in [0.29, 0.717) is 24.9 Å². The number of aliphatic hydroxyl groups excluding tert-OH is 2. The van der Waals surface area contributed by atoms with Crippen LogP contribution in [0.15, 0.2) is 60.0 Å². The molecule has 6 heteroatoms. The van der Waals surface area contributed by atoms with Crippen LogP contribution in [0, 0.1) is 11.3 Å². The van der Waals surface area contributed by atoms with Gasteiger partial charge in [-0.2, -0.15) is 0 Å². The second-order valence-corrected chi connectivity index (χ2v) is 13.5. The molecule has 2 saturated carbocycles. The molecule has 0 amide bonds. The molecule has 3 aliphatic carbocycles. The summed E-state index contributed by atoms with van der Waals surface area (Å²) in [7, 11) is 0. The molecular formula is C32H36N2O4. The minimum absolute atomic E-state index is 0.122. The van der Waals surface area contributed by atoms with Crippen LogP contribution in [0.25, 0.3) is 10.8 Å². The highest BCUT2D eigenvalue weighted by atomic mass is 16.6. The number of hydrogen-bond acceptors (Lipinski definition) is 6. The Kier molecular flexibility index (Phi) is 4.39. The third-order valence-corrected chi connectivity index (χ3v) is 11.8. The number of benzene rings is 1. The van der Waals surface area contributed by atoms with Gasteiger partial charge in [-0.25, -0.2) is 0 Å². The quantitative estimate of drug-likeness (QED) is 0.595. The summed E-state index contributed by atoms with van der Waals surface area (Å²) < 4.78 is 13.8. The Hall–Kier alpha value is -2.09. The fourth-order valence-corrected chi connectivity index (χ4v) is 9.96. The Labute approximate surface area is 223 Å². The summed E-state index contributed by atoms with van der Waals surface area (Å²) in [5.41, 5.74) is 3.89. The van der Waals surface area contributed by atoms with Gasteiger partial charge in [0.15, 0.2) is 0 Å². The summed E-state index contributed by atoms with van der Waals surface area (Å²) >= 11 is 0. The summed E-state index contributed by atoms with van der Waals surface area (Å²) in [5, 5.41) is 23.0. The van der Waals surface area contributed by atoms with Crippen molar-refractivity contribution in [3.63, 3.8) is 0 Å². The predicted molar refractivity (Wildman–Crippen MR) is 143 cm³/mol. The van der Waals surface area contributed by atoms with Crippen molar-refractivity contribution in [1.82, 2.24) is 9.88 Å². The van der Waals surface area contributed by atoms with E-state index in [1.807, 2.05) is 12.4 Å². The average Bonchev–Trinajstić information content (AvgIpc) is 3.41. The number of likely N-dealkylation sites (tertiary alicyclic amines) is 1. The first-order chi connectivity index (χ1) is 18.4. The maximum atomic E-state index is 10.2. The van der Waals surface area contributed by atoms with E-state index in [4.69, 9.17) is 9.47 Å². The molecule has 5 fully saturated rings. The van der Waals surface area contributed by atoms with E-state index in [1.165, 1.54) is 40.3 Å². The van der Waals surface area contributed by atoms with Crippen LogP contribution in [-0.4, -0.2) is 74.8 Å². The number of epoxide rings is 1. The van der Waals surface area contributed by atoms with E-state index in [0.717, 1.165) is 25.7 Å². The summed E-state index contributed by atoms with van der Waals surface area (Å²) in [6.45, 7) is 3.57. The van der Waals surface area contributed by atoms with Crippen molar-refractivity contribution >= 4 is 10.8 Å². The van der Waals surface area contributed by atoms with Gasteiger partial charge in [0.25, 0.3) is 0 Å². The monoisotopic (exact) mass is 512 g/mol. The van der Waals surface area contributed by atoms with Crippen molar-refractivity contribution in [2.45, 2.75) is 93.0 Å². The molecule has 7 aliphatic rings. The Balaban J connectivity index is 1.07. The SMILES string of the molecule is C[C@]12CC=C3C=C4[C@H]5O[C@H]5[C@@H](N5C[C@H](O)[C@@H](O)C5)C[C@]45CCC3(O5)[C@@H]1CC[C@@H]2c1ccc2ccncc2c1. The average molecular weight is 513 g/mol. The summed E-state index contributed by atoms with van der Waals surface area (Å²) in [6, 6.07) is 9.29. The molecule has 2 N–H and O–H groups in total. The van der Waals surface area contributed by atoms with E-state index in [2.05, 4.69) is 53.2 Å². The molecule has 6 nitrogen and oxygen atoms in total. The lowest BCUT2D eigenvalue weighted by atomic mass is 9.58. The first-order valence-electron chi connectivity index (χ1n) is 14.6. The zero-order valence-corrected chi connectivity index (χ0v) is 21.9. The molecule has 1 aromatic carbocycles. The molecule has 3 saturated heterocycles. The topological polar surface area (TPSA) is 78.4 Å². The van der Waals surface area contributed by atoms with Crippen LogP contribution < -0.4 is 0 Å². The van der Waals surface area contributed by atoms with Crippen molar-refractivity contribution in [1.29, 1.82) is 0 Å². The normalized spacial score (nSPS) is 48.7. The fraction of sp³-hybridized carbons (Fsp3) is 0.594. The van der Waals surface area contributed by atoms with E-state index >= 15 is 0 Å². The zero-order chi connectivity index (χ0) is 25.4. The molecule has 5 heterocycles. The van der Waals surface area contributed by atoms with Gasteiger partial charge in [0.2, 0.25) is 0 Å². The second kappa shape index (κ2) is 7.35. The van der Waals surface area contributed by atoms with Gasteiger partial charge in [0.05, 0.1) is 23.4 Å². The number of pyridine rings is 1. The van der Waals surface area contributed by atoms with Gasteiger partial charge in [-0.15, -0.1) is 0 Å². The van der Waals surface area contributed by atoms with Crippen molar-refractivity contribution < 1.29 is 19.7 Å². The van der Waals surface area contributed by atoms with E-state index in [-0.39, 0.29) is 34.9 Å². The minimum atomic E-state index is -0.668. The molecule has 4 aliphatic heterocycles. The molecule has 2 spiro atoms. The lowest BCUT2D eigenvalue weighted by molar-refractivity contribution is -0.138. The molecule has 1 unspecified atom stereocenters. The molecule has 2 aromatic rings. The zero-order valence-electron chi connectivity index (χ0n) is 21.9. The van der Waals surface area contributed by atoms with Crippen molar-refractivity contribution in [2.75, 3.05) is 13.1 Å². The van der Waals surface area contributed by atoms with Gasteiger partial charge < -0.3 is 19.7 Å². The van der Waals surface area contributed by atoms with Crippen LogP contribution in [0.2, 0.25) is 0 Å². The van der Waals surface area contributed by atoms with Gasteiger partial charge in [-0.3, -0.25) is 9.88 Å². The number of aromatic nitrogens is 1. The summed E-state index contributed by atoms with van der Waals surface area (Å²) in [6.07, 6.45) is 14.3. The number of allylic oxidation sites excluding steroid dienone is 1. The number of aliphatic hydroxyl groups is 2. The highest BCUT2D eigenvalue weighted by Gasteiger charge is 2.71. The van der Waals surface area contributed by atoms with Crippen LogP contribution in [0.5, 0.6) is 0 Å². The van der Waals surface area contributed by atoms with Gasteiger partial charge in [-0.1, -0.05) is 31.2 Å². The third-order valence-electron chi connectivity index (χ3n) is 11.8.